The highest BCUT2D eigenvalue weighted by Crippen LogP contribution is 2.31. The standard InChI is InChI=1S/C14H10Cl3F2N/c1-7(10-3-2-8(18)4-11(10)15)20-9-5-12(16)14(19)13(17)6-9/h2-7,20H,1H3. The van der Waals surface area contributed by atoms with Crippen LogP contribution >= 0.6 is 34.8 Å². The van der Waals surface area contributed by atoms with Gasteiger partial charge in [-0.05, 0) is 36.8 Å². The summed E-state index contributed by atoms with van der Waals surface area (Å²) in [5.74, 6) is -1.06. The Hall–Kier alpha value is -1.03. The van der Waals surface area contributed by atoms with Crippen LogP contribution in [0.5, 0.6) is 0 Å². The van der Waals surface area contributed by atoms with Gasteiger partial charge in [-0.15, -0.1) is 0 Å². The summed E-state index contributed by atoms with van der Waals surface area (Å²) in [7, 11) is 0. The molecule has 1 unspecified atom stereocenters. The number of benzene rings is 2. The maximum Gasteiger partial charge on any atom is 0.160 e. The Labute approximate surface area is 130 Å². The van der Waals surface area contributed by atoms with Crippen LogP contribution in [0.25, 0.3) is 0 Å². The van der Waals surface area contributed by atoms with Crippen LogP contribution < -0.4 is 5.32 Å². The van der Waals surface area contributed by atoms with E-state index < -0.39 is 11.6 Å². The molecule has 0 radical (unpaired) electrons. The van der Waals surface area contributed by atoms with Gasteiger partial charge in [0.1, 0.15) is 5.82 Å². The van der Waals surface area contributed by atoms with Crippen LogP contribution in [0.4, 0.5) is 14.5 Å². The Morgan fingerprint density at radius 1 is 0.950 bits per heavy atom. The molecule has 0 fully saturated rings. The second-order valence-electron chi connectivity index (χ2n) is 4.29. The summed E-state index contributed by atoms with van der Waals surface area (Å²) in [6.07, 6.45) is 0. The van der Waals surface area contributed by atoms with E-state index in [4.69, 9.17) is 34.8 Å². The van der Waals surface area contributed by atoms with E-state index >= 15 is 0 Å². The number of halogens is 5. The van der Waals surface area contributed by atoms with Gasteiger partial charge < -0.3 is 5.32 Å². The zero-order chi connectivity index (χ0) is 14.9. The third-order valence-electron chi connectivity index (χ3n) is 2.80. The van der Waals surface area contributed by atoms with Crippen molar-refractivity contribution in [3.8, 4) is 0 Å². The van der Waals surface area contributed by atoms with Crippen molar-refractivity contribution < 1.29 is 8.78 Å². The molecule has 1 nitrogen and oxygen atoms in total. The third-order valence-corrected chi connectivity index (χ3v) is 3.67. The van der Waals surface area contributed by atoms with E-state index in [9.17, 15) is 8.78 Å². The summed E-state index contributed by atoms with van der Waals surface area (Å²) >= 11 is 17.4. The minimum Gasteiger partial charge on any atom is -0.378 e. The predicted octanol–water partition coefficient (Wildman–Crippen LogP) is 6.10. The van der Waals surface area contributed by atoms with Gasteiger partial charge in [0.05, 0.1) is 10.0 Å². The van der Waals surface area contributed by atoms with Gasteiger partial charge in [-0.1, -0.05) is 40.9 Å². The van der Waals surface area contributed by atoms with E-state index in [2.05, 4.69) is 5.32 Å². The van der Waals surface area contributed by atoms with Crippen molar-refractivity contribution in [3.05, 3.63) is 62.6 Å². The highest BCUT2D eigenvalue weighted by Gasteiger charge is 2.13. The number of hydrogen-bond acceptors (Lipinski definition) is 1. The first kappa shape index (κ1) is 15.4. The molecule has 6 heteroatoms. The molecule has 1 atom stereocenters. The van der Waals surface area contributed by atoms with Crippen molar-refractivity contribution in [1.29, 1.82) is 0 Å². The number of nitrogens with one attached hydrogen (secondary N) is 1. The molecule has 0 amide bonds. The molecule has 0 aliphatic carbocycles. The molecular formula is C14H10Cl3F2N. The summed E-state index contributed by atoms with van der Waals surface area (Å²) in [6, 6.07) is 6.78. The fourth-order valence-corrected chi connectivity index (χ4v) is 2.64. The molecular weight excluding hydrogens is 327 g/mol. The van der Waals surface area contributed by atoms with Crippen molar-refractivity contribution >= 4 is 40.5 Å². The smallest absolute Gasteiger partial charge is 0.160 e. The Balaban J connectivity index is 2.25. The van der Waals surface area contributed by atoms with Crippen molar-refractivity contribution in [2.45, 2.75) is 13.0 Å². The minimum atomic E-state index is -0.661. The van der Waals surface area contributed by atoms with E-state index in [0.29, 0.717) is 16.3 Å². The summed E-state index contributed by atoms with van der Waals surface area (Å²) < 4.78 is 26.3. The van der Waals surface area contributed by atoms with Gasteiger partial charge in [-0.2, -0.15) is 0 Å². The fourth-order valence-electron chi connectivity index (χ4n) is 1.82. The maximum atomic E-state index is 13.3. The topological polar surface area (TPSA) is 12.0 Å². The zero-order valence-corrected chi connectivity index (χ0v) is 12.6. The normalized spacial score (nSPS) is 12.3. The van der Waals surface area contributed by atoms with E-state index in [1.54, 1.807) is 6.07 Å². The first-order valence-corrected chi connectivity index (χ1v) is 6.88. The molecule has 2 aromatic rings. The van der Waals surface area contributed by atoms with E-state index in [1.807, 2.05) is 6.92 Å². The summed E-state index contributed by atoms with van der Waals surface area (Å²) in [5, 5.41) is 3.25. The van der Waals surface area contributed by atoms with Crippen LogP contribution in [0.2, 0.25) is 15.1 Å². The van der Waals surface area contributed by atoms with Crippen molar-refractivity contribution in [3.63, 3.8) is 0 Å². The Kier molecular flexibility index (Phi) is 4.74. The van der Waals surface area contributed by atoms with Crippen molar-refractivity contribution in [1.82, 2.24) is 0 Å². The lowest BCUT2D eigenvalue weighted by atomic mass is 10.1. The molecule has 0 bridgehead atoms. The zero-order valence-electron chi connectivity index (χ0n) is 10.4. The average Bonchev–Trinajstić information content (AvgIpc) is 2.35. The van der Waals surface area contributed by atoms with Gasteiger partial charge in [0, 0.05) is 16.8 Å². The molecule has 2 aromatic carbocycles. The number of hydrogen-bond donors (Lipinski definition) is 1. The summed E-state index contributed by atoms with van der Waals surface area (Å²) in [5.41, 5.74) is 1.26. The molecule has 106 valence electrons. The largest absolute Gasteiger partial charge is 0.378 e. The van der Waals surface area contributed by atoms with Crippen molar-refractivity contribution in [2.24, 2.45) is 0 Å². The minimum absolute atomic E-state index is 0.0718. The molecule has 0 heterocycles. The van der Waals surface area contributed by atoms with Crippen LogP contribution in [0.15, 0.2) is 30.3 Å². The molecule has 2 rings (SSSR count). The van der Waals surface area contributed by atoms with Gasteiger partial charge in [-0.25, -0.2) is 8.78 Å². The second-order valence-corrected chi connectivity index (χ2v) is 5.51. The highest BCUT2D eigenvalue weighted by molar-refractivity contribution is 6.35. The van der Waals surface area contributed by atoms with E-state index in [1.165, 1.54) is 24.3 Å². The predicted molar refractivity (Wildman–Crippen MR) is 79.9 cm³/mol. The van der Waals surface area contributed by atoms with Crippen LogP contribution in [0, 0.1) is 11.6 Å². The van der Waals surface area contributed by atoms with Crippen LogP contribution in [0.3, 0.4) is 0 Å². The van der Waals surface area contributed by atoms with E-state index in [-0.39, 0.29) is 16.1 Å². The summed E-state index contributed by atoms with van der Waals surface area (Å²) in [6.45, 7) is 1.84. The Morgan fingerprint density at radius 3 is 2.10 bits per heavy atom. The van der Waals surface area contributed by atoms with Gasteiger partial charge in [0.2, 0.25) is 0 Å². The lowest BCUT2D eigenvalue weighted by Gasteiger charge is -2.17. The first-order chi connectivity index (χ1) is 9.38. The molecule has 1 N–H and O–H groups in total. The van der Waals surface area contributed by atoms with Crippen LogP contribution in [0.1, 0.15) is 18.5 Å². The molecule has 0 aliphatic rings. The number of anilines is 1. The molecule has 0 aromatic heterocycles. The van der Waals surface area contributed by atoms with E-state index in [0.717, 1.165) is 0 Å². The molecule has 20 heavy (non-hydrogen) atoms. The quantitative estimate of drug-likeness (QED) is 0.668. The van der Waals surface area contributed by atoms with Gasteiger partial charge in [0.15, 0.2) is 5.82 Å². The highest BCUT2D eigenvalue weighted by atomic mass is 35.5. The molecule has 0 aliphatic heterocycles. The molecule has 0 saturated carbocycles. The van der Waals surface area contributed by atoms with Gasteiger partial charge in [-0.3, -0.25) is 0 Å². The van der Waals surface area contributed by atoms with Crippen LogP contribution in [-0.2, 0) is 0 Å². The Bertz CT molecular complexity index is 623. The monoisotopic (exact) mass is 335 g/mol. The third kappa shape index (κ3) is 3.35. The lowest BCUT2D eigenvalue weighted by Crippen LogP contribution is -2.07. The summed E-state index contributed by atoms with van der Waals surface area (Å²) in [4.78, 5) is 0. The molecule has 0 saturated heterocycles. The van der Waals surface area contributed by atoms with Crippen molar-refractivity contribution in [2.75, 3.05) is 5.32 Å². The average molecular weight is 337 g/mol. The second kappa shape index (κ2) is 6.17. The number of rotatable bonds is 3. The Morgan fingerprint density at radius 2 is 1.55 bits per heavy atom. The van der Waals surface area contributed by atoms with Gasteiger partial charge in [0.25, 0.3) is 0 Å². The lowest BCUT2D eigenvalue weighted by molar-refractivity contribution is 0.626. The van der Waals surface area contributed by atoms with Gasteiger partial charge >= 0.3 is 0 Å². The fraction of sp³-hybridized carbons (Fsp3) is 0.143. The maximum absolute atomic E-state index is 13.3. The van der Waals surface area contributed by atoms with Crippen LogP contribution in [-0.4, -0.2) is 0 Å². The SMILES string of the molecule is CC(Nc1cc(Cl)c(F)c(Cl)c1)c1ccc(F)cc1Cl. The first-order valence-electron chi connectivity index (χ1n) is 5.74. The molecule has 0 spiro atoms.